The monoisotopic (exact) mass is 392 g/mol. The summed E-state index contributed by atoms with van der Waals surface area (Å²) in [7, 11) is 6.06. The summed E-state index contributed by atoms with van der Waals surface area (Å²) in [6.45, 7) is 0. The van der Waals surface area contributed by atoms with Gasteiger partial charge in [-0.2, -0.15) is 0 Å². The van der Waals surface area contributed by atoms with Gasteiger partial charge < -0.3 is 29.2 Å². The molecule has 0 radical (unpaired) electrons. The highest BCUT2D eigenvalue weighted by molar-refractivity contribution is 5.72. The summed E-state index contributed by atoms with van der Waals surface area (Å²) in [5.41, 5.74) is 1.30. The molecule has 0 saturated heterocycles. The van der Waals surface area contributed by atoms with Gasteiger partial charge in [-0.05, 0) is 23.8 Å². The number of carboxylic acid groups (broad SMARTS) is 2. The summed E-state index contributed by atoms with van der Waals surface area (Å²) in [6, 6.07) is 10.2. The Morgan fingerprint density at radius 2 is 1.36 bits per heavy atom. The van der Waals surface area contributed by atoms with Gasteiger partial charge >= 0.3 is 11.9 Å². The van der Waals surface area contributed by atoms with Crippen LogP contribution in [0.4, 0.5) is 0 Å². The minimum atomic E-state index is -0.892. The fourth-order valence-electron chi connectivity index (χ4n) is 2.42. The molecule has 0 aliphatic carbocycles. The molecule has 0 bridgehead atoms. The van der Waals surface area contributed by atoms with Crippen LogP contribution >= 0.6 is 0 Å². The van der Waals surface area contributed by atoms with Crippen LogP contribution in [0, 0.1) is 0 Å². The maximum absolute atomic E-state index is 10.5. The molecule has 2 aromatic rings. The third-order valence-corrected chi connectivity index (χ3v) is 3.63. The second-order valence-corrected chi connectivity index (χ2v) is 5.48. The van der Waals surface area contributed by atoms with Crippen LogP contribution in [0.5, 0.6) is 23.0 Å². The second-order valence-electron chi connectivity index (χ2n) is 5.48. The highest BCUT2D eigenvalue weighted by Crippen LogP contribution is 2.30. The van der Waals surface area contributed by atoms with Crippen molar-refractivity contribution in [1.29, 1.82) is 0 Å². The number of rotatable bonds is 8. The lowest BCUT2D eigenvalue weighted by Gasteiger charge is -2.10. The average molecular weight is 392 g/mol. The maximum atomic E-state index is 10.5. The van der Waals surface area contributed by atoms with Crippen LogP contribution in [0.3, 0.4) is 0 Å². The van der Waals surface area contributed by atoms with Gasteiger partial charge in [0.2, 0.25) is 0 Å². The number of hydrogen-bond donors (Lipinski definition) is 2. The standard InChI is InChI=1S/2C10H12O4/c1-13-8-4-3-7(6-10(11)12)5-9(8)14-2;1-13-8-5-3-4-7(6-9(11)12)10(8)14-2/h2*3-5H,6H2,1-2H3,(H,11,12). The average Bonchev–Trinajstić information content (AvgIpc) is 2.67. The van der Waals surface area contributed by atoms with Gasteiger partial charge in [-0.15, -0.1) is 0 Å². The van der Waals surface area contributed by atoms with Crippen LogP contribution in [-0.4, -0.2) is 50.6 Å². The summed E-state index contributed by atoms with van der Waals surface area (Å²) in [6.07, 6.45) is -0.0826. The number of hydrogen-bond acceptors (Lipinski definition) is 6. The predicted octanol–water partition coefficient (Wildman–Crippen LogP) is 2.66. The van der Waals surface area contributed by atoms with Crippen LogP contribution in [-0.2, 0) is 22.4 Å². The Labute approximate surface area is 163 Å². The zero-order chi connectivity index (χ0) is 21.1. The van der Waals surface area contributed by atoms with E-state index in [4.69, 9.17) is 29.2 Å². The molecule has 0 aliphatic rings. The minimum Gasteiger partial charge on any atom is -0.493 e. The number of para-hydroxylation sites is 1. The van der Waals surface area contributed by atoms with Crippen LogP contribution in [0.1, 0.15) is 11.1 Å². The predicted molar refractivity (Wildman–Crippen MR) is 102 cm³/mol. The van der Waals surface area contributed by atoms with Crippen LogP contribution in [0.2, 0.25) is 0 Å². The number of benzene rings is 2. The normalized spacial score (nSPS) is 9.57. The first-order valence-corrected chi connectivity index (χ1v) is 8.20. The molecule has 0 spiro atoms. The molecule has 0 atom stereocenters. The Morgan fingerprint density at radius 1 is 0.750 bits per heavy atom. The fourth-order valence-corrected chi connectivity index (χ4v) is 2.42. The molecule has 0 amide bonds. The Morgan fingerprint density at radius 3 is 1.86 bits per heavy atom. The van der Waals surface area contributed by atoms with Crippen molar-refractivity contribution in [3.05, 3.63) is 47.5 Å². The molecule has 2 aromatic carbocycles. The van der Waals surface area contributed by atoms with E-state index in [1.807, 2.05) is 0 Å². The van der Waals surface area contributed by atoms with Gasteiger partial charge in [0, 0.05) is 5.56 Å². The first kappa shape index (κ1) is 22.6. The lowest BCUT2D eigenvalue weighted by atomic mass is 10.1. The van der Waals surface area contributed by atoms with Crippen molar-refractivity contribution >= 4 is 11.9 Å². The summed E-state index contributed by atoms with van der Waals surface area (Å²) in [5, 5.41) is 17.2. The quantitative estimate of drug-likeness (QED) is 0.705. The number of ether oxygens (including phenoxy) is 4. The number of methoxy groups -OCH3 is 4. The van der Waals surface area contributed by atoms with Crippen LogP contribution < -0.4 is 18.9 Å². The highest BCUT2D eigenvalue weighted by atomic mass is 16.5. The molecule has 0 aromatic heterocycles. The van der Waals surface area contributed by atoms with Crippen molar-refractivity contribution in [3.63, 3.8) is 0 Å². The number of aliphatic carboxylic acids is 2. The molecule has 0 fully saturated rings. The first-order chi connectivity index (χ1) is 13.4. The zero-order valence-electron chi connectivity index (χ0n) is 16.2. The van der Waals surface area contributed by atoms with E-state index in [2.05, 4.69) is 0 Å². The van der Waals surface area contributed by atoms with Gasteiger partial charge in [-0.25, -0.2) is 0 Å². The molecule has 0 heterocycles. The summed E-state index contributed by atoms with van der Waals surface area (Å²) in [5.74, 6) is 0.422. The summed E-state index contributed by atoms with van der Waals surface area (Å²) < 4.78 is 20.2. The first-order valence-electron chi connectivity index (χ1n) is 8.20. The van der Waals surface area contributed by atoms with Crippen molar-refractivity contribution in [2.24, 2.45) is 0 Å². The largest absolute Gasteiger partial charge is 0.493 e. The number of carboxylic acids is 2. The topological polar surface area (TPSA) is 112 Å². The van der Waals surface area contributed by atoms with E-state index >= 15 is 0 Å². The van der Waals surface area contributed by atoms with E-state index in [-0.39, 0.29) is 12.8 Å². The lowest BCUT2D eigenvalue weighted by Crippen LogP contribution is -2.03. The second kappa shape index (κ2) is 11.3. The molecule has 8 nitrogen and oxygen atoms in total. The van der Waals surface area contributed by atoms with Crippen LogP contribution in [0.15, 0.2) is 36.4 Å². The third kappa shape index (κ3) is 6.71. The Balaban J connectivity index is 0.000000280. The summed E-state index contributed by atoms with van der Waals surface area (Å²) >= 11 is 0. The van der Waals surface area contributed by atoms with Gasteiger partial charge in [0.05, 0.1) is 41.3 Å². The van der Waals surface area contributed by atoms with E-state index in [9.17, 15) is 9.59 Å². The van der Waals surface area contributed by atoms with Crippen LogP contribution in [0.25, 0.3) is 0 Å². The Kier molecular flexibility index (Phi) is 9.15. The Hall–Kier alpha value is -3.42. The van der Waals surface area contributed by atoms with Gasteiger partial charge in [-0.1, -0.05) is 18.2 Å². The van der Waals surface area contributed by atoms with E-state index in [1.54, 1.807) is 36.4 Å². The molecule has 0 unspecified atom stereocenters. The van der Waals surface area contributed by atoms with E-state index in [0.717, 1.165) is 0 Å². The molecule has 8 heteroatoms. The highest BCUT2D eigenvalue weighted by Gasteiger charge is 2.11. The van der Waals surface area contributed by atoms with E-state index in [0.29, 0.717) is 34.1 Å². The van der Waals surface area contributed by atoms with Crippen molar-refractivity contribution < 1.29 is 38.7 Å². The molecule has 2 N–H and O–H groups in total. The summed E-state index contributed by atoms with van der Waals surface area (Å²) in [4.78, 5) is 21.0. The Bertz CT molecular complexity index is 799. The molecule has 2 rings (SSSR count). The molecule has 28 heavy (non-hydrogen) atoms. The van der Waals surface area contributed by atoms with E-state index < -0.39 is 11.9 Å². The van der Waals surface area contributed by atoms with Crippen molar-refractivity contribution in [1.82, 2.24) is 0 Å². The van der Waals surface area contributed by atoms with E-state index in [1.165, 1.54) is 28.4 Å². The van der Waals surface area contributed by atoms with Gasteiger partial charge in [0.1, 0.15) is 0 Å². The lowest BCUT2D eigenvalue weighted by molar-refractivity contribution is -0.137. The van der Waals surface area contributed by atoms with Crippen molar-refractivity contribution in [3.8, 4) is 23.0 Å². The molecule has 0 saturated carbocycles. The van der Waals surface area contributed by atoms with Gasteiger partial charge in [-0.3, -0.25) is 9.59 Å². The van der Waals surface area contributed by atoms with Gasteiger partial charge in [0.25, 0.3) is 0 Å². The number of carbonyl (C=O) groups is 2. The smallest absolute Gasteiger partial charge is 0.307 e. The zero-order valence-corrected chi connectivity index (χ0v) is 16.2. The minimum absolute atomic E-state index is 0.0135. The molecular weight excluding hydrogens is 368 g/mol. The molecular formula is C20H24O8. The fraction of sp³-hybridized carbons (Fsp3) is 0.300. The van der Waals surface area contributed by atoms with Gasteiger partial charge in [0.15, 0.2) is 23.0 Å². The van der Waals surface area contributed by atoms with Crippen molar-refractivity contribution in [2.75, 3.05) is 28.4 Å². The third-order valence-electron chi connectivity index (χ3n) is 3.63. The maximum Gasteiger partial charge on any atom is 0.307 e. The molecule has 152 valence electrons. The van der Waals surface area contributed by atoms with Crippen molar-refractivity contribution in [2.45, 2.75) is 12.8 Å². The SMILES string of the molecule is COc1ccc(CC(=O)O)cc1OC.COc1cccc(CC(=O)O)c1OC. The molecule has 0 aliphatic heterocycles.